The number of carbonyl (C=O) groups is 1. The molecule has 15 heavy (non-hydrogen) atoms. The van der Waals surface area contributed by atoms with Gasteiger partial charge in [-0.2, -0.15) is 0 Å². The first-order chi connectivity index (χ1) is 7.16. The van der Waals surface area contributed by atoms with E-state index >= 15 is 0 Å². The second-order valence-electron chi connectivity index (χ2n) is 3.86. The molecule has 2 heterocycles. The molecule has 2 rings (SSSR count). The van der Waals surface area contributed by atoms with Gasteiger partial charge in [0.25, 0.3) is 0 Å². The Balaban J connectivity index is 1.93. The molecule has 1 aliphatic rings. The van der Waals surface area contributed by atoms with Gasteiger partial charge in [-0.3, -0.25) is 9.69 Å². The minimum Gasteiger partial charge on any atom is -0.481 e. The lowest BCUT2D eigenvalue weighted by molar-refractivity contribution is -0.141. The first kappa shape index (κ1) is 10.1. The van der Waals surface area contributed by atoms with Gasteiger partial charge in [0.2, 0.25) is 0 Å². The molecule has 1 aliphatic heterocycles. The quantitative estimate of drug-likeness (QED) is 0.773. The standard InChI is InChI=1S/C9H13N3O3/c1-6-8(11-15-10-6)5-12-3-2-7(4-12)9(13)14/h7H,2-5H2,1H3,(H,13,14). The smallest absolute Gasteiger partial charge is 0.307 e. The Labute approximate surface area is 86.8 Å². The van der Waals surface area contributed by atoms with E-state index in [0.29, 0.717) is 19.5 Å². The molecule has 0 bridgehead atoms. The van der Waals surface area contributed by atoms with Crippen LogP contribution in [0, 0.1) is 12.8 Å². The summed E-state index contributed by atoms with van der Waals surface area (Å²) in [4.78, 5) is 12.8. The fourth-order valence-corrected chi connectivity index (χ4v) is 1.78. The zero-order valence-electron chi connectivity index (χ0n) is 8.51. The highest BCUT2D eigenvalue weighted by Gasteiger charge is 2.28. The Hall–Kier alpha value is -1.43. The molecule has 6 nitrogen and oxygen atoms in total. The summed E-state index contributed by atoms with van der Waals surface area (Å²) in [5.41, 5.74) is 1.56. The largest absolute Gasteiger partial charge is 0.481 e. The highest BCUT2D eigenvalue weighted by Crippen LogP contribution is 2.18. The van der Waals surface area contributed by atoms with Crippen LogP contribution in [0.15, 0.2) is 4.63 Å². The number of rotatable bonds is 3. The van der Waals surface area contributed by atoms with Crippen molar-refractivity contribution in [3.8, 4) is 0 Å². The lowest BCUT2D eigenvalue weighted by atomic mass is 10.1. The number of carboxylic acids is 1. The van der Waals surface area contributed by atoms with Crippen molar-refractivity contribution >= 4 is 5.97 Å². The molecule has 0 saturated carbocycles. The van der Waals surface area contributed by atoms with Gasteiger partial charge < -0.3 is 5.11 Å². The molecule has 1 unspecified atom stereocenters. The molecule has 6 heteroatoms. The van der Waals surface area contributed by atoms with Crippen LogP contribution in [0.5, 0.6) is 0 Å². The first-order valence-corrected chi connectivity index (χ1v) is 4.90. The van der Waals surface area contributed by atoms with Crippen molar-refractivity contribution < 1.29 is 14.5 Å². The van der Waals surface area contributed by atoms with Gasteiger partial charge >= 0.3 is 5.97 Å². The SMILES string of the molecule is Cc1nonc1CN1CCC(C(=O)O)C1. The maximum atomic E-state index is 10.7. The molecule has 1 aromatic heterocycles. The van der Waals surface area contributed by atoms with Crippen molar-refractivity contribution in [3.05, 3.63) is 11.4 Å². The molecule has 1 saturated heterocycles. The van der Waals surface area contributed by atoms with Gasteiger partial charge in [-0.15, -0.1) is 0 Å². The summed E-state index contributed by atoms with van der Waals surface area (Å²) in [5, 5.41) is 16.3. The van der Waals surface area contributed by atoms with E-state index in [4.69, 9.17) is 5.11 Å². The molecular weight excluding hydrogens is 198 g/mol. The van der Waals surface area contributed by atoms with Crippen LogP contribution in [0.25, 0.3) is 0 Å². The van der Waals surface area contributed by atoms with Crippen LogP contribution in [0.3, 0.4) is 0 Å². The number of likely N-dealkylation sites (tertiary alicyclic amines) is 1. The normalized spacial score (nSPS) is 22.1. The van der Waals surface area contributed by atoms with E-state index in [0.717, 1.165) is 17.9 Å². The zero-order chi connectivity index (χ0) is 10.8. The Kier molecular flexibility index (Phi) is 2.68. The van der Waals surface area contributed by atoms with Crippen molar-refractivity contribution in [3.63, 3.8) is 0 Å². The van der Waals surface area contributed by atoms with Gasteiger partial charge in [0, 0.05) is 13.1 Å². The number of hydrogen-bond acceptors (Lipinski definition) is 5. The third-order valence-electron chi connectivity index (χ3n) is 2.74. The van der Waals surface area contributed by atoms with Crippen molar-refractivity contribution in [2.75, 3.05) is 13.1 Å². The molecular formula is C9H13N3O3. The third-order valence-corrected chi connectivity index (χ3v) is 2.74. The maximum absolute atomic E-state index is 10.7. The Morgan fingerprint density at radius 3 is 3.00 bits per heavy atom. The van der Waals surface area contributed by atoms with E-state index in [1.54, 1.807) is 0 Å². The van der Waals surface area contributed by atoms with Crippen molar-refractivity contribution in [2.45, 2.75) is 19.9 Å². The Morgan fingerprint density at radius 1 is 1.67 bits per heavy atom. The van der Waals surface area contributed by atoms with E-state index in [-0.39, 0.29) is 5.92 Å². The van der Waals surface area contributed by atoms with Crippen LogP contribution in [0.4, 0.5) is 0 Å². The number of aromatic nitrogens is 2. The fraction of sp³-hybridized carbons (Fsp3) is 0.667. The summed E-state index contributed by atoms with van der Waals surface area (Å²) in [6, 6.07) is 0. The summed E-state index contributed by atoms with van der Waals surface area (Å²) in [6.07, 6.45) is 0.708. The number of hydrogen-bond donors (Lipinski definition) is 1. The van der Waals surface area contributed by atoms with Gasteiger partial charge in [0.1, 0.15) is 11.4 Å². The number of carboxylic acid groups (broad SMARTS) is 1. The lowest BCUT2D eigenvalue weighted by Gasteiger charge is -2.12. The molecule has 82 valence electrons. The molecule has 1 aromatic rings. The number of nitrogens with zero attached hydrogens (tertiary/aromatic N) is 3. The summed E-state index contributed by atoms with van der Waals surface area (Å²) < 4.78 is 4.59. The minimum absolute atomic E-state index is 0.245. The highest BCUT2D eigenvalue weighted by atomic mass is 16.6. The summed E-state index contributed by atoms with van der Waals surface area (Å²) >= 11 is 0. The summed E-state index contributed by atoms with van der Waals surface area (Å²) in [6.45, 7) is 3.83. The third kappa shape index (κ3) is 2.15. The topological polar surface area (TPSA) is 79.5 Å². The Morgan fingerprint density at radius 2 is 2.47 bits per heavy atom. The fourth-order valence-electron chi connectivity index (χ4n) is 1.78. The van der Waals surface area contributed by atoms with E-state index in [2.05, 4.69) is 19.8 Å². The van der Waals surface area contributed by atoms with Crippen LogP contribution >= 0.6 is 0 Å². The molecule has 1 N–H and O–H groups in total. The summed E-state index contributed by atoms with van der Waals surface area (Å²) in [5.74, 6) is -0.960. The van der Waals surface area contributed by atoms with Crippen molar-refractivity contribution in [2.24, 2.45) is 5.92 Å². The van der Waals surface area contributed by atoms with Crippen molar-refractivity contribution in [1.82, 2.24) is 15.2 Å². The van der Waals surface area contributed by atoms with Crippen LogP contribution < -0.4 is 0 Å². The van der Waals surface area contributed by atoms with Gasteiger partial charge in [0.05, 0.1) is 5.92 Å². The van der Waals surface area contributed by atoms with Gasteiger partial charge in [0.15, 0.2) is 0 Å². The molecule has 0 spiro atoms. The number of aryl methyl sites for hydroxylation is 1. The van der Waals surface area contributed by atoms with Gasteiger partial charge in [-0.1, -0.05) is 10.3 Å². The second-order valence-corrected chi connectivity index (χ2v) is 3.86. The number of aliphatic carboxylic acids is 1. The van der Waals surface area contributed by atoms with Crippen molar-refractivity contribution in [1.29, 1.82) is 0 Å². The van der Waals surface area contributed by atoms with E-state index in [9.17, 15) is 4.79 Å². The monoisotopic (exact) mass is 211 g/mol. The maximum Gasteiger partial charge on any atom is 0.307 e. The average Bonchev–Trinajstić information content (AvgIpc) is 2.77. The van der Waals surface area contributed by atoms with Crippen LogP contribution in [-0.4, -0.2) is 39.4 Å². The molecule has 0 amide bonds. The zero-order valence-corrected chi connectivity index (χ0v) is 8.51. The van der Waals surface area contributed by atoms with E-state index in [1.165, 1.54) is 0 Å². The van der Waals surface area contributed by atoms with Crippen LogP contribution in [-0.2, 0) is 11.3 Å². The Bertz CT molecular complexity index is 363. The highest BCUT2D eigenvalue weighted by molar-refractivity contribution is 5.70. The molecule has 0 aromatic carbocycles. The van der Waals surface area contributed by atoms with Crippen LogP contribution in [0.1, 0.15) is 17.8 Å². The van der Waals surface area contributed by atoms with Gasteiger partial charge in [-0.25, -0.2) is 4.63 Å². The first-order valence-electron chi connectivity index (χ1n) is 4.90. The average molecular weight is 211 g/mol. The van der Waals surface area contributed by atoms with Gasteiger partial charge in [-0.05, 0) is 19.9 Å². The lowest BCUT2D eigenvalue weighted by Crippen LogP contribution is -2.23. The predicted octanol–water partition coefficient (Wildman–Crippen LogP) is 0.285. The van der Waals surface area contributed by atoms with E-state index in [1.807, 2.05) is 6.92 Å². The minimum atomic E-state index is -0.715. The molecule has 1 atom stereocenters. The van der Waals surface area contributed by atoms with E-state index < -0.39 is 5.97 Å². The molecule has 0 radical (unpaired) electrons. The second kappa shape index (κ2) is 3.98. The summed E-state index contributed by atoms with van der Waals surface area (Å²) in [7, 11) is 0. The molecule has 0 aliphatic carbocycles. The van der Waals surface area contributed by atoms with Crippen LogP contribution in [0.2, 0.25) is 0 Å². The molecule has 1 fully saturated rings. The predicted molar refractivity (Wildman–Crippen MR) is 50.1 cm³/mol.